The second kappa shape index (κ2) is 2.31. The van der Waals surface area contributed by atoms with Crippen molar-refractivity contribution in [2.24, 2.45) is 23.7 Å². The van der Waals surface area contributed by atoms with Crippen LogP contribution < -0.4 is 0 Å². The molecule has 0 aromatic carbocycles. The molecule has 2 saturated carbocycles. The van der Waals surface area contributed by atoms with Gasteiger partial charge < -0.3 is 5.11 Å². The number of hydrogen-bond donors (Lipinski definition) is 1. The second-order valence-corrected chi connectivity index (χ2v) is 3.98. The predicted octanol–water partition coefficient (Wildman–Crippen LogP) is 0.840. The highest BCUT2D eigenvalue weighted by molar-refractivity contribution is 5.82. The molecule has 0 amide bonds. The molecule has 2 rings (SSSR count). The van der Waals surface area contributed by atoms with Gasteiger partial charge in [-0.3, -0.25) is 4.79 Å². The number of fused-ring (bicyclic) bond motifs is 1. The molecule has 3 unspecified atom stereocenters. The molecule has 0 bridgehead atoms. The molecule has 62 valence electrons. The van der Waals surface area contributed by atoms with E-state index in [0.29, 0.717) is 36.1 Å². The van der Waals surface area contributed by atoms with E-state index in [2.05, 4.69) is 0 Å². The number of rotatable bonds is 2. The van der Waals surface area contributed by atoms with E-state index in [1.54, 1.807) is 6.92 Å². The van der Waals surface area contributed by atoms with E-state index in [0.717, 1.165) is 12.8 Å². The van der Waals surface area contributed by atoms with E-state index in [4.69, 9.17) is 5.11 Å². The molecule has 0 aliphatic heterocycles. The van der Waals surface area contributed by atoms with E-state index in [-0.39, 0.29) is 0 Å². The first-order valence-electron chi connectivity index (χ1n) is 4.35. The lowest BCUT2D eigenvalue weighted by molar-refractivity contribution is -0.119. The largest absolute Gasteiger partial charge is 0.396 e. The van der Waals surface area contributed by atoms with Gasteiger partial charge in [0.25, 0.3) is 0 Å². The van der Waals surface area contributed by atoms with Gasteiger partial charge in [-0.25, -0.2) is 0 Å². The molecule has 0 aromatic heterocycles. The van der Waals surface area contributed by atoms with Crippen LogP contribution >= 0.6 is 0 Å². The van der Waals surface area contributed by atoms with Crippen LogP contribution in [0.15, 0.2) is 0 Å². The van der Waals surface area contributed by atoms with Crippen LogP contribution in [0.2, 0.25) is 0 Å². The molecule has 2 fully saturated rings. The van der Waals surface area contributed by atoms with Gasteiger partial charge in [0.1, 0.15) is 5.78 Å². The summed E-state index contributed by atoms with van der Waals surface area (Å²) in [5.41, 5.74) is 0. The molecule has 2 heteroatoms. The average Bonchev–Trinajstić information content (AvgIpc) is 2.48. The van der Waals surface area contributed by atoms with Gasteiger partial charge in [0, 0.05) is 12.5 Å². The van der Waals surface area contributed by atoms with Crippen LogP contribution in [0.5, 0.6) is 0 Å². The minimum Gasteiger partial charge on any atom is -0.396 e. The SMILES string of the molecule is CC(=O)C1C2CC(CO)C[C@@H]21. The molecule has 1 N–H and O–H groups in total. The minimum atomic E-state index is 0.317. The Bertz CT molecular complexity index is 176. The molecular formula is C9H14O2. The molecule has 0 radical (unpaired) electrons. The van der Waals surface area contributed by atoms with Gasteiger partial charge in [0.15, 0.2) is 0 Å². The number of carbonyl (C=O) groups excluding carboxylic acids is 1. The predicted molar refractivity (Wildman–Crippen MR) is 41.0 cm³/mol. The summed E-state index contributed by atoms with van der Waals surface area (Å²) in [6.07, 6.45) is 2.18. The zero-order chi connectivity index (χ0) is 8.01. The summed E-state index contributed by atoms with van der Waals surface area (Å²) in [6, 6.07) is 0. The monoisotopic (exact) mass is 154 g/mol. The maximum atomic E-state index is 11.0. The highest BCUT2D eigenvalue weighted by Gasteiger charge is 2.57. The van der Waals surface area contributed by atoms with Gasteiger partial charge in [-0.05, 0) is 37.5 Å². The molecule has 2 aliphatic carbocycles. The first-order valence-corrected chi connectivity index (χ1v) is 4.35. The van der Waals surface area contributed by atoms with Crippen LogP contribution in [0.1, 0.15) is 19.8 Å². The van der Waals surface area contributed by atoms with Crippen molar-refractivity contribution < 1.29 is 9.90 Å². The Hall–Kier alpha value is -0.370. The number of aliphatic hydroxyl groups excluding tert-OH is 1. The third-order valence-electron chi connectivity index (χ3n) is 3.27. The van der Waals surface area contributed by atoms with Crippen LogP contribution in [0.3, 0.4) is 0 Å². The van der Waals surface area contributed by atoms with E-state index in [1.165, 1.54) is 0 Å². The van der Waals surface area contributed by atoms with Crippen molar-refractivity contribution in [2.75, 3.05) is 6.61 Å². The second-order valence-electron chi connectivity index (χ2n) is 3.98. The van der Waals surface area contributed by atoms with Crippen LogP contribution in [-0.4, -0.2) is 17.5 Å². The molecule has 2 aliphatic rings. The summed E-state index contributed by atoms with van der Waals surface area (Å²) >= 11 is 0. The average molecular weight is 154 g/mol. The summed E-state index contributed by atoms with van der Waals surface area (Å²) in [5, 5.41) is 8.84. The Morgan fingerprint density at radius 1 is 1.45 bits per heavy atom. The van der Waals surface area contributed by atoms with Crippen molar-refractivity contribution in [3.8, 4) is 0 Å². The summed E-state index contributed by atoms with van der Waals surface area (Å²) in [4.78, 5) is 11.0. The normalized spacial score (nSPS) is 47.1. The molecular weight excluding hydrogens is 140 g/mol. The third-order valence-corrected chi connectivity index (χ3v) is 3.27. The van der Waals surface area contributed by atoms with Crippen molar-refractivity contribution in [3.05, 3.63) is 0 Å². The van der Waals surface area contributed by atoms with Gasteiger partial charge in [-0.2, -0.15) is 0 Å². The first kappa shape index (κ1) is 7.29. The van der Waals surface area contributed by atoms with E-state index in [9.17, 15) is 4.79 Å². The number of ketones is 1. The van der Waals surface area contributed by atoms with E-state index >= 15 is 0 Å². The molecule has 0 heterocycles. The molecule has 0 aromatic rings. The van der Waals surface area contributed by atoms with Gasteiger partial charge in [0.05, 0.1) is 0 Å². The lowest BCUT2D eigenvalue weighted by atomic mass is 9.99. The molecule has 4 atom stereocenters. The van der Waals surface area contributed by atoms with Crippen molar-refractivity contribution in [1.29, 1.82) is 0 Å². The molecule has 2 nitrogen and oxygen atoms in total. The van der Waals surface area contributed by atoms with Crippen molar-refractivity contribution in [2.45, 2.75) is 19.8 Å². The first-order chi connectivity index (χ1) is 5.24. The minimum absolute atomic E-state index is 0.317. The highest BCUT2D eigenvalue weighted by atomic mass is 16.3. The fraction of sp³-hybridized carbons (Fsp3) is 0.889. The summed E-state index contributed by atoms with van der Waals surface area (Å²) in [6.45, 7) is 2.01. The number of Topliss-reactive ketones (excluding diaryl/α,β-unsaturated/α-hetero) is 1. The van der Waals surface area contributed by atoms with Crippen LogP contribution in [-0.2, 0) is 4.79 Å². The molecule has 0 spiro atoms. The standard InChI is InChI=1S/C9H14O2/c1-5(11)9-7-2-6(4-10)3-8(7)9/h6-10H,2-4H2,1H3/t6?,7-,8?,9?/m0/s1. The van der Waals surface area contributed by atoms with Crippen LogP contribution in [0, 0.1) is 23.7 Å². The summed E-state index contributed by atoms with van der Waals surface area (Å²) in [7, 11) is 0. The smallest absolute Gasteiger partial charge is 0.133 e. The van der Waals surface area contributed by atoms with Gasteiger partial charge in [-0.15, -0.1) is 0 Å². The van der Waals surface area contributed by atoms with Crippen molar-refractivity contribution in [1.82, 2.24) is 0 Å². The van der Waals surface area contributed by atoms with Crippen LogP contribution in [0.4, 0.5) is 0 Å². The van der Waals surface area contributed by atoms with Crippen molar-refractivity contribution >= 4 is 5.78 Å². The number of aliphatic hydroxyl groups is 1. The van der Waals surface area contributed by atoms with Gasteiger partial charge >= 0.3 is 0 Å². The Morgan fingerprint density at radius 2 is 2.00 bits per heavy atom. The maximum Gasteiger partial charge on any atom is 0.133 e. The third kappa shape index (κ3) is 1.00. The Morgan fingerprint density at radius 3 is 2.36 bits per heavy atom. The fourth-order valence-corrected chi connectivity index (χ4v) is 2.71. The zero-order valence-corrected chi connectivity index (χ0v) is 6.79. The Kier molecular flexibility index (Phi) is 1.53. The van der Waals surface area contributed by atoms with E-state index < -0.39 is 0 Å². The maximum absolute atomic E-state index is 11.0. The van der Waals surface area contributed by atoms with Gasteiger partial charge in [-0.1, -0.05) is 0 Å². The fourth-order valence-electron chi connectivity index (χ4n) is 2.71. The van der Waals surface area contributed by atoms with Crippen molar-refractivity contribution in [3.63, 3.8) is 0 Å². The zero-order valence-electron chi connectivity index (χ0n) is 6.79. The topological polar surface area (TPSA) is 37.3 Å². The van der Waals surface area contributed by atoms with Gasteiger partial charge in [0.2, 0.25) is 0 Å². The highest BCUT2D eigenvalue weighted by Crippen LogP contribution is 2.59. The Labute approximate surface area is 66.6 Å². The molecule has 0 saturated heterocycles. The lowest BCUT2D eigenvalue weighted by Crippen LogP contribution is -2.08. The van der Waals surface area contributed by atoms with E-state index in [1.807, 2.05) is 0 Å². The summed E-state index contributed by atoms with van der Waals surface area (Å²) < 4.78 is 0. The molecule has 11 heavy (non-hydrogen) atoms. The quantitative estimate of drug-likeness (QED) is 0.640. The van der Waals surface area contributed by atoms with Crippen LogP contribution in [0.25, 0.3) is 0 Å². The lowest BCUT2D eigenvalue weighted by Gasteiger charge is -2.08. The number of carbonyl (C=O) groups is 1. The summed E-state index contributed by atoms with van der Waals surface area (Å²) in [5.74, 6) is 2.52. The Balaban J connectivity index is 1.90. The number of hydrogen-bond acceptors (Lipinski definition) is 2.